The Labute approximate surface area is 108 Å². The number of rotatable bonds is 8. The summed E-state index contributed by atoms with van der Waals surface area (Å²) < 4.78 is 15.5. The van der Waals surface area contributed by atoms with Crippen molar-refractivity contribution in [1.29, 1.82) is 0 Å². The fourth-order valence-corrected chi connectivity index (χ4v) is 1.45. The topological polar surface area (TPSA) is 44.8 Å². The lowest BCUT2D eigenvalue weighted by atomic mass is 10.3. The molecule has 0 N–H and O–H groups in total. The van der Waals surface area contributed by atoms with Crippen LogP contribution in [0.5, 0.6) is 11.5 Å². The smallest absolute Gasteiger partial charge is 0.344 e. The molecule has 0 heterocycles. The Kier molecular flexibility index (Phi) is 6.69. The molecule has 0 saturated heterocycles. The molecule has 0 unspecified atom stereocenters. The highest BCUT2D eigenvalue weighted by Gasteiger charge is 2.07. The molecule has 0 aliphatic carbocycles. The van der Waals surface area contributed by atoms with E-state index < -0.39 is 0 Å². The molecule has 0 aromatic heterocycles. The third-order valence-corrected chi connectivity index (χ3v) is 2.43. The lowest BCUT2D eigenvalue weighted by Crippen LogP contribution is -2.15. The second-order valence-corrected chi connectivity index (χ2v) is 3.87. The molecule has 18 heavy (non-hydrogen) atoms. The Morgan fingerprint density at radius 2 is 1.89 bits per heavy atom. The molecule has 0 amide bonds. The van der Waals surface area contributed by atoms with E-state index in [-0.39, 0.29) is 12.6 Å². The van der Waals surface area contributed by atoms with Crippen molar-refractivity contribution in [2.45, 2.75) is 26.2 Å². The zero-order valence-electron chi connectivity index (χ0n) is 11.0. The van der Waals surface area contributed by atoms with Crippen LogP contribution in [0.1, 0.15) is 26.2 Å². The first kappa shape index (κ1) is 14.4. The van der Waals surface area contributed by atoms with Crippen LogP contribution < -0.4 is 9.47 Å². The van der Waals surface area contributed by atoms with Gasteiger partial charge < -0.3 is 14.2 Å². The summed E-state index contributed by atoms with van der Waals surface area (Å²) in [6, 6.07) is 7.20. The highest BCUT2D eigenvalue weighted by atomic mass is 16.6. The number of benzene rings is 1. The first-order chi connectivity index (χ1) is 8.77. The lowest BCUT2D eigenvalue weighted by molar-refractivity contribution is -0.146. The van der Waals surface area contributed by atoms with Gasteiger partial charge in [0.25, 0.3) is 0 Å². The number of methoxy groups -OCH3 is 1. The SMILES string of the molecule is CCCCCOC(=O)COc1ccccc1OC. The summed E-state index contributed by atoms with van der Waals surface area (Å²) >= 11 is 0. The van der Waals surface area contributed by atoms with Crippen LogP contribution in [0.15, 0.2) is 24.3 Å². The van der Waals surface area contributed by atoms with Gasteiger partial charge in [0.2, 0.25) is 0 Å². The van der Waals surface area contributed by atoms with Crippen molar-refractivity contribution in [3.8, 4) is 11.5 Å². The molecule has 0 radical (unpaired) electrons. The van der Waals surface area contributed by atoms with E-state index in [1.54, 1.807) is 19.2 Å². The molecule has 4 nitrogen and oxygen atoms in total. The molecule has 1 rings (SSSR count). The molecule has 0 fully saturated rings. The molecule has 0 bridgehead atoms. The van der Waals surface area contributed by atoms with Crippen molar-refractivity contribution >= 4 is 5.97 Å². The van der Waals surface area contributed by atoms with Crippen LogP contribution in [0.2, 0.25) is 0 Å². The lowest BCUT2D eigenvalue weighted by Gasteiger charge is -2.09. The third-order valence-electron chi connectivity index (χ3n) is 2.43. The van der Waals surface area contributed by atoms with Gasteiger partial charge in [0, 0.05) is 0 Å². The van der Waals surface area contributed by atoms with Crippen molar-refractivity contribution in [1.82, 2.24) is 0 Å². The van der Waals surface area contributed by atoms with E-state index in [2.05, 4.69) is 6.92 Å². The van der Waals surface area contributed by atoms with Crippen LogP contribution in [0.3, 0.4) is 0 Å². The summed E-state index contributed by atoms with van der Waals surface area (Å²) in [6.45, 7) is 2.47. The molecule has 0 atom stereocenters. The van der Waals surface area contributed by atoms with E-state index in [9.17, 15) is 4.79 Å². The van der Waals surface area contributed by atoms with Gasteiger partial charge in [-0.1, -0.05) is 31.9 Å². The van der Waals surface area contributed by atoms with Crippen molar-refractivity contribution in [2.24, 2.45) is 0 Å². The van der Waals surface area contributed by atoms with E-state index in [0.717, 1.165) is 19.3 Å². The summed E-state index contributed by atoms with van der Waals surface area (Å²) in [6.07, 6.45) is 3.08. The second kappa shape index (κ2) is 8.39. The molecule has 1 aromatic carbocycles. The maximum atomic E-state index is 11.4. The van der Waals surface area contributed by atoms with Crippen LogP contribution in [0, 0.1) is 0 Å². The predicted molar refractivity (Wildman–Crippen MR) is 69.0 cm³/mol. The van der Waals surface area contributed by atoms with Gasteiger partial charge in [-0.15, -0.1) is 0 Å². The summed E-state index contributed by atoms with van der Waals surface area (Å²) in [5.41, 5.74) is 0. The number of carbonyl (C=O) groups is 1. The summed E-state index contributed by atoms with van der Waals surface area (Å²) in [5.74, 6) is 0.804. The molecule has 100 valence electrons. The number of hydrogen-bond donors (Lipinski definition) is 0. The average molecular weight is 252 g/mol. The third kappa shape index (κ3) is 5.08. The Hall–Kier alpha value is -1.71. The minimum absolute atomic E-state index is 0.0908. The standard InChI is InChI=1S/C14H20O4/c1-3-4-7-10-17-14(15)11-18-13-9-6-5-8-12(13)16-2/h5-6,8-9H,3-4,7,10-11H2,1-2H3. The molecule has 0 spiro atoms. The van der Waals surface area contributed by atoms with Gasteiger partial charge >= 0.3 is 5.97 Å². The highest BCUT2D eigenvalue weighted by molar-refractivity contribution is 5.71. The van der Waals surface area contributed by atoms with E-state index in [4.69, 9.17) is 14.2 Å². The van der Waals surface area contributed by atoms with Gasteiger partial charge in [-0.2, -0.15) is 0 Å². The van der Waals surface area contributed by atoms with Crippen molar-refractivity contribution in [3.05, 3.63) is 24.3 Å². The first-order valence-corrected chi connectivity index (χ1v) is 6.19. The number of ether oxygens (including phenoxy) is 3. The van der Waals surface area contributed by atoms with Crippen LogP contribution >= 0.6 is 0 Å². The number of carbonyl (C=O) groups excluding carboxylic acids is 1. The van der Waals surface area contributed by atoms with Crippen LogP contribution in [-0.2, 0) is 9.53 Å². The van der Waals surface area contributed by atoms with E-state index in [0.29, 0.717) is 18.1 Å². The molecule has 4 heteroatoms. The molecule has 0 saturated carbocycles. The summed E-state index contributed by atoms with van der Waals surface area (Å²) in [5, 5.41) is 0. The minimum Gasteiger partial charge on any atom is -0.493 e. The van der Waals surface area contributed by atoms with Gasteiger partial charge in [-0.05, 0) is 18.6 Å². The normalized spacial score (nSPS) is 9.89. The molecular formula is C14H20O4. The van der Waals surface area contributed by atoms with Crippen molar-refractivity contribution in [3.63, 3.8) is 0 Å². The Morgan fingerprint density at radius 1 is 1.17 bits per heavy atom. The minimum atomic E-state index is -0.350. The molecule has 0 aliphatic rings. The van der Waals surface area contributed by atoms with Crippen LogP contribution in [0.4, 0.5) is 0 Å². The average Bonchev–Trinajstić information content (AvgIpc) is 2.41. The number of para-hydroxylation sites is 2. The van der Waals surface area contributed by atoms with Crippen molar-refractivity contribution in [2.75, 3.05) is 20.3 Å². The zero-order valence-corrected chi connectivity index (χ0v) is 11.0. The Balaban J connectivity index is 2.29. The van der Waals surface area contributed by atoms with Gasteiger partial charge in [-0.3, -0.25) is 0 Å². The van der Waals surface area contributed by atoms with Gasteiger partial charge in [-0.25, -0.2) is 4.79 Å². The fourth-order valence-electron chi connectivity index (χ4n) is 1.45. The number of esters is 1. The van der Waals surface area contributed by atoms with E-state index in [1.165, 1.54) is 0 Å². The monoisotopic (exact) mass is 252 g/mol. The molecule has 1 aromatic rings. The van der Waals surface area contributed by atoms with E-state index in [1.807, 2.05) is 12.1 Å². The van der Waals surface area contributed by atoms with Gasteiger partial charge in [0.15, 0.2) is 18.1 Å². The van der Waals surface area contributed by atoms with E-state index >= 15 is 0 Å². The quantitative estimate of drug-likeness (QED) is 0.527. The second-order valence-electron chi connectivity index (χ2n) is 3.87. The Morgan fingerprint density at radius 3 is 2.56 bits per heavy atom. The molecular weight excluding hydrogens is 232 g/mol. The largest absolute Gasteiger partial charge is 0.493 e. The first-order valence-electron chi connectivity index (χ1n) is 6.19. The maximum Gasteiger partial charge on any atom is 0.344 e. The predicted octanol–water partition coefficient (Wildman–Crippen LogP) is 2.81. The van der Waals surface area contributed by atoms with Crippen LogP contribution in [0.25, 0.3) is 0 Å². The molecule has 0 aliphatic heterocycles. The van der Waals surface area contributed by atoms with Gasteiger partial charge in [0.05, 0.1) is 13.7 Å². The number of unbranched alkanes of at least 4 members (excludes halogenated alkanes) is 2. The fraction of sp³-hybridized carbons (Fsp3) is 0.500. The summed E-state index contributed by atoms with van der Waals surface area (Å²) in [7, 11) is 1.56. The maximum absolute atomic E-state index is 11.4. The zero-order chi connectivity index (χ0) is 13.2. The summed E-state index contributed by atoms with van der Waals surface area (Å²) in [4.78, 5) is 11.4. The highest BCUT2D eigenvalue weighted by Crippen LogP contribution is 2.25. The number of hydrogen-bond acceptors (Lipinski definition) is 4. The van der Waals surface area contributed by atoms with Crippen molar-refractivity contribution < 1.29 is 19.0 Å². The van der Waals surface area contributed by atoms with Gasteiger partial charge in [0.1, 0.15) is 0 Å². The van der Waals surface area contributed by atoms with Crippen LogP contribution in [-0.4, -0.2) is 26.3 Å². The Bertz CT molecular complexity index is 363.